The Morgan fingerprint density at radius 2 is 2.00 bits per heavy atom. The summed E-state index contributed by atoms with van der Waals surface area (Å²) < 4.78 is 2.42. The Morgan fingerprint density at radius 3 is 2.77 bits per heavy atom. The molecule has 0 atom stereocenters. The first-order valence-electron chi connectivity index (χ1n) is 7.90. The van der Waals surface area contributed by atoms with E-state index in [9.17, 15) is 0 Å². The standard InChI is InChI=1S/C19H13BrN6/c20-18-17(13-5-3-4-12(8-13)11-21)24-19(22)16-10-15(25-26(16)18)9-14-6-1-2-7-23-14/h1-8,10H,9H2,(H2,22,24). The lowest BCUT2D eigenvalue weighted by Gasteiger charge is -2.08. The van der Waals surface area contributed by atoms with E-state index < -0.39 is 0 Å². The van der Waals surface area contributed by atoms with E-state index in [4.69, 9.17) is 11.0 Å². The van der Waals surface area contributed by atoms with E-state index in [-0.39, 0.29) is 0 Å². The molecule has 4 rings (SSSR count). The Kier molecular flexibility index (Phi) is 4.11. The van der Waals surface area contributed by atoms with Gasteiger partial charge < -0.3 is 5.73 Å². The summed E-state index contributed by atoms with van der Waals surface area (Å²) in [7, 11) is 0. The van der Waals surface area contributed by atoms with Crippen molar-refractivity contribution in [1.82, 2.24) is 19.6 Å². The molecule has 0 spiro atoms. The van der Waals surface area contributed by atoms with Crippen LogP contribution in [0.25, 0.3) is 16.8 Å². The van der Waals surface area contributed by atoms with E-state index in [1.54, 1.807) is 22.8 Å². The van der Waals surface area contributed by atoms with Gasteiger partial charge in [-0.15, -0.1) is 0 Å². The third-order valence-electron chi connectivity index (χ3n) is 3.99. The van der Waals surface area contributed by atoms with Gasteiger partial charge in [-0.05, 0) is 46.3 Å². The van der Waals surface area contributed by atoms with Crippen LogP contribution in [0.5, 0.6) is 0 Å². The fraction of sp³-hybridized carbons (Fsp3) is 0.0526. The van der Waals surface area contributed by atoms with E-state index in [1.165, 1.54) is 0 Å². The second kappa shape index (κ2) is 6.58. The Hall–Kier alpha value is -3.24. The van der Waals surface area contributed by atoms with Crippen molar-refractivity contribution in [1.29, 1.82) is 5.26 Å². The zero-order chi connectivity index (χ0) is 18.1. The lowest BCUT2D eigenvalue weighted by atomic mass is 10.1. The highest BCUT2D eigenvalue weighted by Crippen LogP contribution is 2.30. The number of nitrogens with two attached hydrogens (primary N) is 1. The fourth-order valence-corrected chi connectivity index (χ4v) is 3.37. The first-order chi connectivity index (χ1) is 12.7. The molecule has 0 aliphatic heterocycles. The molecule has 126 valence electrons. The van der Waals surface area contributed by atoms with Crippen LogP contribution >= 0.6 is 15.9 Å². The topological polar surface area (TPSA) is 92.9 Å². The molecule has 0 saturated heterocycles. The van der Waals surface area contributed by atoms with Crippen molar-refractivity contribution in [2.75, 3.05) is 5.73 Å². The van der Waals surface area contributed by atoms with Crippen LogP contribution in [-0.2, 0) is 6.42 Å². The molecule has 7 heteroatoms. The lowest BCUT2D eigenvalue weighted by Crippen LogP contribution is -2.02. The number of hydrogen-bond acceptors (Lipinski definition) is 5. The molecule has 0 radical (unpaired) electrons. The summed E-state index contributed by atoms with van der Waals surface area (Å²) >= 11 is 3.58. The van der Waals surface area contributed by atoms with Crippen LogP contribution in [0.15, 0.2) is 59.3 Å². The predicted molar refractivity (Wildman–Crippen MR) is 102 cm³/mol. The molecule has 0 unspecified atom stereocenters. The summed E-state index contributed by atoms with van der Waals surface area (Å²) in [5.41, 5.74) is 10.7. The smallest absolute Gasteiger partial charge is 0.150 e. The first kappa shape index (κ1) is 16.2. The zero-order valence-corrected chi connectivity index (χ0v) is 15.2. The number of pyridine rings is 1. The highest BCUT2D eigenvalue weighted by molar-refractivity contribution is 9.10. The van der Waals surface area contributed by atoms with Crippen LogP contribution in [0.1, 0.15) is 17.0 Å². The molecule has 0 fully saturated rings. The Morgan fingerprint density at radius 1 is 1.12 bits per heavy atom. The van der Waals surface area contributed by atoms with Crippen molar-refractivity contribution in [3.63, 3.8) is 0 Å². The van der Waals surface area contributed by atoms with Gasteiger partial charge in [0.25, 0.3) is 0 Å². The minimum atomic E-state index is 0.380. The Balaban J connectivity index is 1.82. The molecule has 2 N–H and O–H groups in total. The predicted octanol–water partition coefficient (Wildman–Crippen LogP) is 3.60. The summed E-state index contributed by atoms with van der Waals surface area (Å²) in [6.45, 7) is 0. The maximum Gasteiger partial charge on any atom is 0.150 e. The van der Waals surface area contributed by atoms with Crippen molar-refractivity contribution >= 4 is 27.3 Å². The Labute approximate surface area is 158 Å². The van der Waals surface area contributed by atoms with Crippen LogP contribution in [0.3, 0.4) is 0 Å². The van der Waals surface area contributed by atoms with Crippen molar-refractivity contribution in [2.24, 2.45) is 0 Å². The van der Waals surface area contributed by atoms with Gasteiger partial charge in [0.15, 0.2) is 0 Å². The van der Waals surface area contributed by atoms with Crippen LogP contribution < -0.4 is 5.73 Å². The minimum Gasteiger partial charge on any atom is -0.382 e. The molecule has 0 aliphatic rings. The molecule has 0 bridgehead atoms. The summed E-state index contributed by atoms with van der Waals surface area (Å²) in [5, 5.41) is 13.8. The summed E-state index contributed by atoms with van der Waals surface area (Å²) in [6.07, 6.45) is 2.37. The van der Waals surface area contributed by atoms with E-state index in [0.717, 1.165) is 22.5 Å². The maximum atomic E-state index is 9.12. The van der Waals surface area contributed by atoms with Crippen molar-refractivity contribution in [2.45, 2.75) is 6.42 Å². The molecule has 1 aromatic carbocycles. The maximum absolute atomic E-state index is 9.12. The van der Waals surface area contributed by atoms with Gasteiger partial charge >= 0.3 is 0 Å². The van der Waals surface area contributed by atoms with E-state index in [0.29, 0.717) is 28.1 Å². The minimum absolute atomic E-state index is 0.380. The van der Waals surface area contributed by atoms with Gasteiger partial charge in [-0.25, -0.2) is 9.50 Å². The van der Waals surface area contributed by atoms with Gasteiger partial charge in [-0.3, -0.25) is 4.98 Å². The highest BCUT2D eigenvalue weighted by Gasteiger charge is 2.15. The second-order valence-corrected chi connectivity index (χ2v) is 6.51. The average Bonchev–Trinajstić information content (AvgIpc) is 3.10. The second-order valence-electron chi connectivity index (χ2n) is 5.76. The van der Waals surface area contributed by atoms with Gasteiger partial charge in [0, 0.05) is 23.9 Å². The third-order valence-corrected chi connectivity index (χ3v) is 4.70. The summed E-state index contributed by atoms with van der Waals surface area (Å²) in [5.74, 6) is 0.380. The number of nitrogen functional groups attached to an aromatic ring is 1. The monoisotopic (exact) mass is 404 g/mol. The van der Waals surface area contributed by atoms with E-state index in [1.807, 2.05) is 36.4 Å². The van der Waals surface area contributed by atoms with Crippen LogP contribution in [0.2, 0.25) is 0 Å². The van der Waals surface area contributed by atoms with Gasteiger partial charge in [-0.2, -0.15) is 10.4 Å². The Bertz CT molecular complexity index is 1140. The normalized spacial score (nSPS) is 10.8. The van der Waals surface area contributed by atoms with Crippen LogP contribution in [0, 0.1) is 11.3 Å². The van der Waals surface area contributed by atoms with Gasteiger partial charge in [0.1, 0.15) is 21.6 Å². The van der Waals surface area contributed by atoms with E-state index in [2.05, 4.69) is 37.1 Å². The lowest BCUT2D eigenvalue weighted by molar-refractivity contribution is 0.876. The fourth-order valence-electron chi connectivity index (χ4n) is 2.78. The number of benzene rings is 1. The number of hydrogen-bond donors (Lipinski definition) is 1. The third kappa shape index (κ3) is 2.91. The van der Waals surface area contributed by atoms with Gasteiger partial charge in [0.05, 0.1) is 17.3 Å². The van der Waals surface area contributed by atoms with Crippen molar-refractivity contribution in [3.8, 4) is 17.3 Å². The number of fused-ring (bicyclic) bond motifs is 1. The molecule has 0 amide bonds. The number of nitriles is 1. The van der Waals surface area contributed by atoms with Crippen molar-refractivity contribution < 1.29 is 0 Å². The molecule has 4 aromatic rings. The number of rotatable bonds is 3. The zero-order valence-electron chi connectivity index (χ0n) is 13.6. The summed E-state index contributed by atoms with van der Waals surface area (Å²) in [6, 6.07) is 17.1. The molecular weight excluding hydrogens is 392 g/mol. The van der Waals surface area contributed by atoms with Crippen molar-refractivity contribution in [3.05, 3.63) is 76.3 Å². The molecule has 3 heterocycles. The van der Waals surface area contributed by atoms with Gasteiger partial charge in [0.2, 0.25) is 0 Å². The number of nitrogens with zero attached hydrogens (tertiary/aromatic N) is 5. The van der Waals surface area contributed by atoms with Crippen LogP contribution in [-0.4, -0.2) is 19.6 Å². The highest BCUT2D eigenvalue weighted by atomic mass is 79.9. The summed E-state index contributed by atoms with van der Waals surface area (Å²) in [4.78, 5) is 8.85. The average molecular weight is 405 g/mol. The molecule has 0 aliphatic carbocycles. The van der Waals surface area contributed by atoms with Gasteiger partial charge in [-0.1, -0.05) is 18.2 Å². The number of anilines is 1. The van der Waals surface area contributed by atoms with Crippen LogP contribution in [0.4, 0.5) is 5.82 Å². The number of halogens is 1. The SMILES string of the molecule is N#Cc1cccc(-c2nc(N)c3cc(Cc4ccccn4)nn3c2Br)c1. The largest absolute Gasteiger partial charge is 0.382 e. The molecule has 3 aromatic heterocycles. The quantitative estimate of drug-likeness (QED) is 0.562. The van der Waals surface area contributed by atoms with E-state index >= 15 is 0 Å². The molecule has 0 saturated carbocycles. The molecule has 26 heavy (non-hydrogen) atoms. The molecular formula is C19H13BrN6. The number of aromatic nitrogens is 4. The molecule has 6 nitrogen and oxygen atoms in total. The first-order valence-corrected chi connectivity index (χ1v) is 8.69.